The molecule has 2 saturated heterocycles. The Bertz CT molecular complexity index is 1660. The van der Waals surface area contributed by atoms with Gasteiger partial charge in [-0.1, -0.05) is 6.92 Å². The van der Waals surface area contributed by atoms with Gasteiger partial charge in [-0.2, -0.15) is 7.11 Å². The number of H-pyrrole nitrogens is 2. The molecule has 19 heteroatoms. The largest absolute Gasteiger partial charge is 1.00 e. The fourth-order valence-electron chi connectivity index (χ4n) is 5.00. The predicted octanol–water partition coefficient (Wildman–Crippen LogP) is -3.80. The molecule has 2 aliphatic rings. The number of hydrogen-bond acceptors (Lipinski definition) is 12. The van der Waals surface area contributed by atoms with Gasteiger partial charge in [0.2, 0.25) is 0 Å². The second-order valence-corrected chi connectivity index (χ2v) is 9.56. The van der Waals surface area contributed by atoms with Gasteiger partial charge in [0.25, 0.3) is 11.1 Å². The van der Waals surface area contributed by atoms with Crippen LogP contribution in [0.2, 0.25) is 0 Å². The third kappa shape index (κ3) is 7.89. The predicted molar refractivity (Wildman–Crippen MR) is 151 cm³/mol. The number of aromatic nitrogens is 6. The zero-order valence-electron chi connectivity index (χ0n) is 25.7. The standard InChI is InChI=1S/C14H16FN3O4.C11H12FN3O4.CH4O.CH3O.Na/c1-3-9-10(15)12(21-7(2)19)14(22-9)18-6-17-11-8(18)4-5-16-13(11)20;12-7-6(3-16)19-11(9(7)17)15-4-14-8-5(15)1-2-13-10(8)18;2*1-2;/h4-6,9-10,12,14H,3H2,1-2H3,(H,16,20);1-2,4,6-7,9,11,16-17H,3H2,(H,13,18);2H,1H3;1H3;/q;;;-1;+1/t9-,10+,12-,14?;6-,7+,9-,11-;;;/m11.../s1. The minimum atomic E-state index is -1.69. The smallest absolute Gasteiger partial charge is 0.857 e. The fraction of sp³-hybridized carbons (Fsp3) is 0.519. The fourth-order valence-corrected chi connectivity index (χ4v) is 5.00. The van der Waals surface area contributed by atoms with Crippen LogP contribution in [-0.4, -0.2) is 108 Å². The molecule has 0 spiro atoms. The molecule has 8 atom stereocenters. The van der Waals surface area contributed by atoms with Crippen molar-refractivity contribution in [3.63, 3.8) is 0 Å². The van der Waals surface area contributed by atoms with Crippen LogP contribution in [0, 0.1) is 0 Å². The second kappa shape index (κ2) is 17.7. The van der Waals surface area contributed by atoms with Crippen LogP contribution in [0.25, 0.3) is 22.1 Å². The van der Waals surface area contributed by atoms with Gasteiger partial charge in [-0.25, -0.2) is 18.7 Å². The van der Waals surface area contributed by atoms with Crippen LogP contribution in [0.4, 0.5) is 8.78 Å². The Balaban J connectivity index is 0.000000286. The van der Waals surface area contributed by atoms with Crippen LogP contribution < -0.4 is 45.8 Å². The Morgan fingerprint density at radius 2 is 1.43 bits per heavy atom. The van der Waals surface area contributed by atoms with E-state index in [9.17, 15) is 28.3 Å². The molecule has 0 aliphatic carbocycles. The van der Waals surface area contributed by atoms with E-state index >= 15 is 0 Å². The van der Waals surface area contributed by atoms with E-state index in [4.69, 9.17) is 29.5 Å². The van der Waals surface area contributed by atoms with Crippen molar-refractivity contribution < 1.29 is 77.8 Å². The molecule has 0 radical (unpaired) electrons. The summed E-state index contributed by atoms with van der Waals surface area (Å²) in [5.74, 6) is -0.583. The van der Waals surface area contributed by atoms with E-state index in [2.05, 4.69) is 19.9 Å². The number of carbonyl (C=O) groups excluding carboxylic acids is 1. The van der Waals surface area contributed by atoms with Crippen molar-refractivity contribution in [1.29, 1.82) is 0 Å². The quantitative estimate of drug-likeness (QED) is 0.102. The second-order valence-electron chi connectivity index (χ2n) is 9.56. The van der Waals surface area contributed by atoms with Gasteiger partial charge in [0.15, 0.2) is 41.9 Å². The van der Waals surface area contributed by atoms with Gasteiger partial charge in [-0.3, -0.25) is 19.0 Å². The van der Waals surface area contributed by atoms with Gasteiger partial charge in [0.05, 0.1) is 36.4 Å². The average molecular weight is 665 g/mol. The van der Waals surface area contributed by atoms with Crippen molar-refractivity contribution in [2.45, 2.75) is 69.5 Å². The van der Waals surface area contributed by atoms with Gasteiger partial charge >= 0.3 is 35.5 Å². The molecule has 2 fully saturated rings. The number of rotatable bonds is 5. The molecular formula is C27H35F2N6NaO10. The van der Waals surface area contributed by atoms with Gasteiger partial charge in [-0.15, -0.1) is 0 Å². The molecule has 0 aromatic carbocycles. The molecule has 1 unspecified atom stereocenters. The van der Waals surface area contributed by atoms with Gasteiger partial charge < -0.3 is 49.2 Å². The Labute approximate surface area is 282 Å². The zero-order chi connectivity index (χ0) is 33.4. The molecule has 4 aromatic heterocycles. The van der Waals surface area contributed by atoms with Crippen LogP contribution in [0.15, 0.2) is 46.8 Å². The summed E-state index contributed by atoms with van der Waals surface area (Å²) in [6.07, 6.45) is -3.18. The van der Waals surface area contributed by atoms with Crippen molar-refractivity contribution in [2.24, 2.45) is 0 Å². The molecule has 5 N–H and O–H groups in total. The number of aromatic amines is 2. The Morgan fingerprint density at radius 3 is 1.87 bits per heavy atom. The third-order valence-corrected chi connectivity index (χ3v) is 6.99. The maximum absolute atomic E-state index is 14.4. The topological polar surface area (TPSA) is 230 Å². The van der Waals surface area contributed by atoms with Crippen molar-refractivity contribution in [1.82, 2.24) is 29.1 Å². The number of aliphatic hydroxyl groups excluding tert-OH is 3. The summed E-state index contributed by atoms with van der Waals surface area (Å²) in [4.78, 5) is 47.4. The minimum absolute atomic E-state index is 0. The number of alkyl halides is 2. The number of carbonyl (C=O) groups is 1. The summed E-state index contributed by atoms with van der Waals surface area (Å²) in [6.45, 7) is 2.49. The Kier molecular flexibility index (Phi) is 15.1. The monoisotopic (exact) mass is 664 g/mol. The molecule has 0 saturated carbocycles. The number of nitrogens with zero attached hydrogens (tertiary/aromatic N) is 4. The van der Waals surface area contributed by atoms with Gasteiger partial charge in [0, 0.05) is 26.4 Å². The van der Waals surface area contributed by atoms with Crippen molar-refractivity contribution >= 4 is 28.0 Å². The van der Waals surface area contributed by atoms with Crippen molar-refractivity contribution in [2.75, 3.05) is 20.8 Å². The normalized spacial score (nSPS) is 26.6. The molecular weight excluding hydrogens is 629 g/mol. The maximum atomic E-state index is 14.4. The number of hydrogen-bond donors (Lipinski definition) is 5. The van der Waals surface area contributed by atoms with Gasteiger partial charge in [-0.05, 0) is 18.6 Å². The van der Waals surface area contributed by atoms with E-state index in [1.807, 2.05) is 0 Å². The molecule has 46 heavy (non-hydrogen) atoms. The number of imidazole rings is 2. The van der Waals surface area contributed by atoms with E-state index in [0.29, 0.717) is 17.5 Å². The molecule has 2 aliphatic heterocycles. The van der Waals surface area contributed by atoms with E-state index in [1.165, 1.54) is 41.1 Å². The number of fused-ring (bicyclic) bond motifs is 2. The van der Waals surface area contributed by atoms with Crippen molar-refractivity contribution in [3.8, 4) is 0 Å². The molecule has 248 valence electrons. The van der Waals surface area contributed by atoms with Crippen LogP contribution in [0.5, 0.6) is 0 Å². The molecule has 16 nitrogen and oxygen atoms in total. The Hall–Kier alpha value is -3.07. The van der Waals surface area contributed by atoms with Crippen LogP contribution in [0.1, 0.15) is 32.7 Å². The Morgan fingerprint density at radius 1 is 0.957 bits per heavy atom. The number of aliphatic hydroxyl groups is 3. The van der Waals surface area contributed by atoms with E-state index in [0.717, 1.165) is 14.2 Å². The first-order valence-corrected chi connectivity index (χ1v) is 13.6. The number of ether oxygens (including phenoxy) is 3. The molecule has 6 rings (SSSR count). The minimum Gasteiger partial charge on any atom is -0.857 e. The number of nitrogens with one attached hydrogen (secondary N) is 2. The number of esters is 1. The van der Waals surface area contributed by atoms with Gasteiger partial charge in [0.1, 0.15) is 12.2 Å². The average Bonchev–Trinajstić information content (AvgIpc) is 3.81. The van der Waals surface area contributed by atoms with Crippen LogP contribution >= 0.6 is 0 Å². The van der Waals surface area contributed by atoms with E-state index in [1.54, 1.807) is 19.1 Å². The number of pyridine rings is 2. The molecule has 0 bridgehead atoms. The van der Waals surface area contributed by atoms with Crippen LogP contribution in [0.3, 0.4) is 0 Å². The maximum Gasteiger partial charge on any atom is 1.00 e. The van der Waals surface area contributed by atoms with E-state index in [-0.39, 0.29) is 51.7 Å². The molecule has 4 aromatic rings. The first-order chi connectivity index (χ1) is 21.7. The summed E-state index contributed by atoms with van der Waals surface area (Å²) in [6, 6.07) is 3.23. The van der Waals surface area contributed by atoms with Crippen molar-refractivity contribution in [3.05, 3.63) is 57.9 Å². The summed E-state index contributed by atoms with van der Waals surface area (Å²) in [5.41, 5.74) is 0.610. The molecule has 0 amide bonds. The summed E-state index contributed by atoms with van der Waals surface area (Å²) >= 11 is 0. The first kappa shape index (κ1) is 39.1. The van der Waals surface area contributed by atoms with Crippen LogP contribution in [-0.2, 0) is 19.0 Å². The summed E-state index contributed by atoms with van der Waals surface area (Å²) < 4.78 is 47.1. The third-order valence-electron chi connectivity index (χ3n) is 6.99. The molecule has 6 heterocycles. The first-order valence-electron chi connectivity index (χ1n) is 13.6. The van der Waals surface area contributed by atoms with E-state index < -0.39 is 61.8 Å². The SMILES string of the molecule is CC[C@H]1OC(n2cnc3c(=O)[nH]ccc32)[C@H](OC(C)=O)[C@H]1F.CO.C[O-].O=c1[nH]ccc2c1ncn2[C@@H]1O[C@H](CO)[C@H](F)[C@H]1O.[Na+]. The summed E-state index contributed by atoms with van der Waals surface area (Å²) in [5, 5.41) is 34.0. The number of halogens is 2. The summed E-state index contributed by atoms with van der Waals surface area (Å²) in [7, 11) is 1.75. The zero-order valence-corrected chi connectivity index (χ0v) is 27.7.